The average molecular weight is 422 g/mol. The van der Waals surface area contributed by atoms with Gasteiger partial charge in [-0.25, -0.2) is 4.98 Å². The summed E-state index contributed by atoms with van der Waals surface area (Å²) in [4.78, 5) is 22.0. The summed E-state index contributed by atoms with van der Waals surface area (Å²) < 4.78 is 5.79. The zero-order valence-corrected chi connectivity index (χ0v) is 17.4. The van der Waals surface area contributed by atoms with Gasteiger partial charge in [-0.15, -0.1) is 0 Å². The molecule has 2 aliphatic rings. The Morgan fingerprint density at radius 1 is 1.23 bits per heavy atom. The number of aromatic nitrogens is 2. The fourth-order valence-electron chi connectivity index (χ4n) is 4.18. The number of nitriles is 1. The van der Waals surface area contributed by atoms with Crippen molar-refractivity contribution in [3.8, 4) is 11.9 Å². The molecule has 4 rings (SSSR count). The van der Waals surface area contributed by atoms with E-state index in [-0.39, 0.29) is 11.4 Å². The molecule has 1 aliphatic carbocycles. The van der Waals surface area contributed by atoms with Crippen LogP contribution in [0.4, 0.5) is 17.1 Å². The van der Waals surface area contributed by atoms with Crippen molar-refractivity contribution in [2.75, 3.05) is 31.6 Å². The minimum atomic E-state index is -0.640. The number of nitrogens with zero attached hydrogens (tertiary/aromatic N) is 5. The minimum absolute atomic E-state index is 0.155. The average Bonchev–Trinajstić information content (AvgIpc) is 2.75. The number of piperidine rings is 1. The highest BCUT2D eigenvalue weighted by Gasteiger charge is 2.42. The Bertz CT molecular complexity index is 979. The summed E-state index contributed by atoms with van der Waals surface area (Å²) in [6, 6.07) is 7.47. The molecule has 1 N–H and O–H groups in total. The van der Waals surface area contributed by atoms with Crippen molar-refractivity contribution in [1.29, 1.82) is 5.26 Å². The Morgan fingerprint density at radius 2 is 2.03 bits per heavy atom. The van der Waals surface area contributed by atoms with Crippen molar-refractivity contribution in [3.05, 3.63) is 46.4 Å². The highest BCUT2D eigenvalue weighted by Crippen LogP contribution is 2.45. The predicted octanol–water partition coefficient (Wildman–Crippen LogP) is 3.94. The smallest absolute Gasteiger partial charge is 0.311 e. The number of anilines is 2. The number of rotatable bonds is 8. The van der Waals surface area contributed by atoms with Gasteiger partial charge in [-0.3, -0.25) is 20.0 Å². The molecule has 0 aromatic carbocycles. The van der Waals surface area contributed by atoms with Gasteiger partial charge in [-0.1, -0.05) is 6.42 Å². The zero-order valence-electron chi connectivity index (χ0n) is 17.4. The summed E-state index contributed by atoms with van der Waals surface area (Å²) in [5.74, 6) is 0.328. The number of hydrogen-bond acceptors (Lipinski definition) is 8. The SMILES string of the molecule is N#CC1(c2ncccc2Nc2cc(OCCN3CCCCC3)ncc2[N+](=O)[O-])CCC1. The van der Waals surface area contributed by atoms with Crippen molar-refractivity contribution in [1.82, 2.24) is 14.9 Å². The molecule has 31 heavy (non-hydrogen) atoms. The zero-order chi connectivity index (χ0) is 21.7. The molecule has 0 radical (unpaired) electrons. The van der Waals surface area contributed by atoms with E-state index in [1.807, 2.05) is 0 Å². The van der Waals surface area contributed by atoms with Crippen LogP contribution < -0.4 is 10.1 Å². The Balaban J connectivity index is 1.53. The number of nitrogens with one attached hydrogen (secondary N) is 1. The molecular weight excluding hydrogens is 396 g/mol. The van der Waals surface area contributed by atoms with E-state index >= 15 is 0 Å². The van der Waals surface area contributed by atoms with Gasteiger partial charge in [0.1, 0.15) is 23.9 Å². The lowest BCUT2D eigenvalue weighted by molar-refractivity contribution is -0.384. The fourth-order valence-corrected chi connectivity index (χ4v) is 4.18. The molecule has 0 atom stereocenters. The summed E-state index contributed by atoms with van der Waals surface area (Å²) in [6.07, 6.45) is 8.99. The van der Waals surface area contributed by atoms with E-state index in [9.17, 15) is 15.4 Å². The van der Waals surface area contributed by atoms with Gasteiger partial charge in [0.25, 0.3) is 0 Å². The molecule has 1 saturated heterocycles. The first-order valence-corrected chi connectivity index (χ1v) is 10.7. The molecule has 162 valence electrons. The van der Waals surface area contributed by atoms with Crippen molar-refractivity contribution in [2.45, 2.75) is 43.9 Å². The Hall–Kier alpha value is -3.25. The van der Waals surface area contributed by atoms with Crippen LogP contribution in [0.5, 0.6) is 5.88 Å². The molecule has 1 saturated carbocycles. The summed E-state index contributed by atoms with van der Waals surface area (Å²) in [7, 11) is 0. The van der Waals surface area contributed by atoms with E-state index in [0.29, 0.717) is 23.9 Å². The molecule has 2 fully saturated rings. The largest absolute Gasteiger partial charge is 0.476 e. The second-order valence-electron chi connectivity index (χ2n) is 8.12. The first-order valence-electron chi connectivity index (χ1n) is 10.7. The van der Waals surface area contributed by atoms with Crippen molar-refractivity contribution in [2.24, 2.45) is 0 Å². The second kappa shape index (κ2) is 9.27. The van der Waals surface area contributed by atoms with E-state index in [4.69, 9.17) is 4.74 Å². The summed E-state index contributed by atoms with van der Waals surface area (Å²) >= 11 is 0. The maximum absolute atomic E-state index is 11.6. The molecule has 0 unspecified atom stereocenters. The number of pyridine rings is 2. The lowest BCUT2D eigenvalue weighted by Gasteiger charge is -2.35. The number of hydrogen-bond donors (Lipinski definition) is 1. The van der Waals surface area contributed by atoms with Gasteiger partial charge in [0.05, 0.1) is 22.4 Å². The molecule has 1 aliphatic heterocycles. The van der Waals surface area contributed by atoms with Gasteiger partial charge >= 0.3 is 5.69 Å². The van der Waals surface area contributed by atoms with Gasteiger partial charge in [-0.05, 0) is 57.3 Å². The Kier molecular flexibility index (Phi) is 6.28. The lowest BCUT2D eigenvalue weighted by Crippen LogP contribution is -2.34. The van der Waals surface area contributed by atoms with Crippen molar-refractivity contribution < 1.29 is 9.66 Å². The van der Waals surface area contributed by atoms with Gasteiger partial charge in [0, 0.05) is 18.8 Å². The topological polar surface area (TPSA) is 117 Å². The van der Waals surface area contributed by atoms with Crippen LogP contribution in [0.15, 0.2) is 30.6 Å². The van der Waals surface area contributed by atoms with Crippen molar-refractivity contribution in [3.63, 3.8) is 0 Å². The molecule has 2 aromatic heterocycles. The summed E-state index contributed by atoms with van der Waals surface area (Å²) in [5.41, 5.74) is 0.700. The van der Waals surface area contributed by atoms with Crippen LogP contribution in [-0.4, -0.2) is 46.0 Å². The maximum Gasteiger partial charge on any atom is 0.311 e. The first-order chi connectivity index (χ1) is 15.1. The fraction of sp³-hybridized carbons (Fsp3) is 0.500. The molecule has 3 heterocycles. The number of likely N-dealkylation sites (tertiary alicyclic amines) is 1. The minimum Gasteiger partial charge on any atom is -0.476 e. The van der Waals surface area contributed by atoms with Gasteiger partial charge in [0.15, 0.2) is 0 Å². The Morgan fingerprint density at radius 3 is 2.71 bits per heavy atom. The maximum atomic E-state index is 11.6. The van der Waals surface area contributed by atoms with Gasteiger partial charge in [-0.2, -0.15) is 5.26 Å². The van der Waals surface area contributed by atoms with Crippen LogP contribution in [0.1, 0.15) is 44.2 Å². The van der Waals surface area contributed by atoms with Crippen molar-refractivity contribution >= 4 is 17.1 Å². The third kappa shape index (κ3) is 4.59. The van der Waals surface area contributed by atoms with Gasteiger partial charge in [0.2, 0.25) is 5.88 Å². The van der Waals surface area contributed by atoms with Crippen LogP contribution in [0.25, 0.3) is 0 Å². The monoisotopic (exact) mass is 422 g/mol. The first kappa shape index (κ1) is 21.0. The Labute approximate surface area is 181 Å². The van der Waals surface area contributed by atoms with Crippen LogP contribution in [0, 0.1) is 21.4 Å². The molecule has 9 nitrogen and oxygen atoms in total. The summed E-state index contributed by atoms with van der Waals surface area (Å²) in [6.45, 7) is 3.43. The normalized spacial score (nSPS) is 17.9. The number of nitro groups is 1. The van der Waals surface area contributed by atoms with E-state index < -0.39 is 10.3 Å². The quantitative estimate of drug-likeness (QED) is 0.502. The third-order valence-corrected chi connectivity index (χ3v) is 6.11. The molecule has 9 heteroatoms. The molecular formula is C22H26N6O3. The third-order valence-electron chi connectivity index (χ3n) is 6.11. The molecule has 2 aromatic rings. The second-order valence-corrected chi connectivity index (χ2v) is 8.12. The van der Waals surface area contributed by atoms with E-state index in [1.165, 1.54) is 25.5 Å². The lowest BCUT2D eigenvalue weighted by atomic mass is 9.67. The standard InChI is InChI=1S/C22H26N6O3/c23-16-22(7-5-8-22)21-17(6-4-9-24-21)26-18-14-20(25-15-19(18)28(29)30)31-13-12-27-10-2-1-3-11-27/h4,6,9,14-15H,1-3,5,7-8,10-13H2,(H,25,26). The molecule has 0 spiro atoms. The summed E-state index contributed by atoms with van der Waals surface area (Å²) in [5, 5.41) is 24.4. The predicted molar refractivity (Wildman–Crippen MR) is 115 cm³/mol. The van der Waals surface area contributed by atoms with E-state index in [0.717, 1.165) is 38.9 Å². The highest BCUT2D eigenvalue weighted by molar-refractivity contribution is 5.72. The van der Waals surface area contributed by atoms with Crippen LogP contribution in [0.2, 0.25) is 0 Å². The molecule has 0 amide bonds. The van der Waals surface area contributed by atoms with Crippen LogP contribution in [-0.2, 0) is 5.41 Å². The van der Waals surface area contributed by atoms with Crippen LogP contribution in [0.3, 0.4) is 0 Å². The molecule has 0 bridgehead atoms. The van der Waals surface area contributed by atoms with E-state index in [1.54, 1.807) is 24.4 Å². The number of ether oxygens (including phenoxy) is 1. The van der Waals surface area contributed by atoms with Gasteiger partial charge < -0.3 is 10.1 Å². The van der Waals surface area contributed by atoms with E-state index in [2.05, 4.69) is 26.3 Å². The highest BCUT2D eigenvalue weighted by atomic mass is 16.6. The van der Waals surface area contributed by atoms with Crippen LogP contribution >= 0.6 is 0 Å².